The first-order valence-electron chi connectivity index (χ1n) is 5.41. The highest BCUT2D eigenvalue weighted by atomic mass is 32.2. The van der Waals surface area contributed by atoms with Crippen LogP contribution < -0.4 is 11.1 Å². The topological polar surface area (TPSA) is 38.0 Å². The lowest BCUT2D eigenvalue weighted by Crippen LogP contribution is -2.23. The fourth-order valence-corrected chi connectivity index (χ4v) is 2.18. The summed E-state index contributed by atoms with van der Waals surface area (Å²) in [5.74, 6) is 1.12. The highest BCUT2D eigenvalue weighted by Gasteiger charge is 1.98. The van der Waals surface area contributed by atoms with Crippen molar-refractivity contribution in [1.82, 2.24) is 5.32 Å². The molecule has 0 aliphatic heterocycles. The van der Waals surface area contributed by atoms with Crippen LogP contribution in [0.3, 0.4) is 0 Å². The number of hydrogen-bond acceptors (Lipinski definition) is 3. The number of nitrogen functional groups attached to an aromatic ring is 1. The zero-order chi connectivity index (χ0) is 11.1. The average Bonchev–Trinajstić information content (AvgIpc) is 2.20. The molecule has 0 aliphatic carbocycles. The minimum Gasteiger partial charge on any atom is -0.398 e. The zero-order valence-electron chi connectivity index (χ0n) is 9.49. The maximum atomic E-state index is 5.85. The Morgan fingerprint density at radius 3 is 2.73 bits per heavy atom. The van der Waals surface area contributed by atoms with Gasteiger partial charge in [-0.1, -0.05) is 26.0 Å². The lowest BCUT2D eigenvalue weighted by atomic mass is 10.3. The molecule has 0 radical (unpaired) electrons. The lowest BCUT2D eigenvalue weighted by Gasteiger charge is -2.08. The number of nitrogens with two attached hydrogens (primary N) is 1. The predicted octanol–water partition coefficient (Wildman–Crippen LogP) is 2.75. The molecule has 1 aromatic carbocycles. The van der Waals surface area contributed by atoms with Gasteiger partial charge in [0.1, 0.15) is 0 Å². The first-order valence-corrected chi connectivity index (χ1v) is 6.39. The van der Waals surface area contributed by atoms with E-state index in [4.69, 9.17) is 5.73 Å². The molecule has 0 spiro atoms. The fourth-order valence-electron chi connectivity index (χ4n) is 1.26. The molecular formula is C12H20N2S. The molecule has 0 bridgehead atoms. The van der Waals surface area contributed by atoms with Gasteiger partial charge in [-0.25, -0.2) is 0 Å². The highest BCUT2D eigenvalue weighted by molar-refractivity contribution is 7.99. The van der Waals surface area contributed by atoms with Crippen LogP contribution in [0.25, 0.3) is 0 Å². The van der Waals surface area contributed by atoms with E-state index in [1.165, 1.54) is 11.3 Å². The molecular weight excluding hydrogens is 204 g/mol. The Morgan fingerprint density at radius 2 is 2.07 bits per heavy atom. The number of thioether (sulfide) groups is 1. The molecule has 15 heavy (non-hydrogen) atoms. The second-order valence-electron chi connectivity index (χ2n) is 3.85. The summed E-state index contributed by atoms with van der Waals surface area (Å²) in [5, 5.41) is 3.40. The van der Waals surface area contributed by atoms with Gasteiger partial charge in [0.15, 0.2) is 0 Å². The van der Waals surface area contributed by atoms with E-state index >= 15 is 0 Å². The zero-order valence-corrected chi connectivity index (χ0v) is 10.3. The minimum atomic E-state index is 0.580. The Labute approximate surface area is 96.6 Å². The number of rotatable bonds is 6. The van der Waals surface area contributed by atoms with Crippen molar-refractivity contribution in [3.05, 3.63) is 24.3 Å². The smallest absolute Gasteiger partial charge is 0.0452 e. The minimum absolute atomic E-state index is 0.580. The van der Waals surface area contributed by atoms with Crippen molar-refractivity contribution in [2.75, 3.05) is 18.0 Å². The van der Waals surface area contributed by atoms with Gasteiger partial charge in [-0.2, -0.15) is 0 Å². The van der Waals surface area contributed by atoms with Gasteiger partial charge in [0.2, 0.25) is 0 Å². The van der Waals surface area contributed by atoms with Gasteiger partial charge in [-0.05, 0) is 30.9 Å². The second kappa shape index (κ2) is 6.75. The Hall–Kier alpha value is -0.670. The Kier molecular flexibility index (Phi) is 5.58. The van der Waals surface area contributed by atoms with E-state index in [-0.39, 0.29) is 0 Å². The number of para-hydroxylation sites is 1. The molecule has 0 unspecified atom stereocenters. The summed E-state index contributed by atoms with van der Waals surface area (Å²) >= 11 is 1.83. The van der Waals surface area contributed by atoms with Crippen molar-refractivity contribution < 1.29 is 0 Å². The maximum Gasteiger partial charge on any atom is 0.0452 e. The molecule has 0 saturated carbocycles. The molecule has 0 heterocycles. The molecule has 84 valence electrons. The number of benzene rings is 1. The van der Waals surface area contributed by atoms with Crippen LogP contribution in [-0.2, 0) is 0 Å². The van der Waals surface area contributed by atoms with E-state index in [9.17, 15) is 0 Å². The van der Waals surface area contributed by atoms with Crippen LogP contribution in [0.1, 0.15) is 20.3 Å². The van der Waals surface area contributed by atoms with Crippen LogP contribution in [0.15, 0.2) is 29.2 Å². The van der Waals surface area contributed by atoms with Crippen molar-refractivity contribution >= 4 is 17.4 Å². The molecule has 0 fully saturated rings. The maximum absolute atomic E-state index is 5.85. The third-order valence-electron chi connectivity index (χ3n) is 2.05. The summed E-state index contributed by atoms with van der Waals surface area (Å²) in [6.45, 7) is 5.42. The van der Waals surface area contributed by atoms with Gasteiger partial charge in [-0.3, -0.25) is 0 Å². The third-order valence-corrected chi connectivity index (χ3v) is 3.23. The SMILES string of the molecule is CC(C)NCCCSc1ccccc1N. The summed E-state index contributed by atoms with van der Waals surface area (Å²) in [4.78, 5) is 1.20. The summed E-state index contributed by atoms with van der Waals surface area (Å²) < 4.78 is 0. The van der Waals surface area contributed by atoms with Crippen LogP contribution in [0.2, 0.25) is 0 Å². The average molecular weight is 224 g/mol. The van der Waals surface area contributed by atoms with Gasteiger partial charge in [0, 0.05) is 16.6 Å². The van der Waals surface area contributed by atoms with Crippen molar-refractivity contribution in [2.45, 2.75) is 31.2 Å². The number of hydrogen-bond donors (Lipinski definition) is 2. The summed E-state index contributed by atoms with van der Waals surface area (Å²) in [7, 11) is 0. The van der Waals surface area contributed by atoms with Gasteiger partial charge in [0.05, 0.1) is 0 Å². The molecule has 0 atom stereocenters. The van der Waals surface area contributed by atoms with Crippen LogP contribution >= 0.6 is 11.8 Å². The van der Waals surface area contributed by atoms with Crippen molar-refractivity contribution in [1.29, 1.82) is 0 Å². The first kappa shape index (κ1) is 12.4. The van der Waals surface area contributed by atoms with E-state index in [1.54, 1.807) is 0 Å². The second-order valence-corrected chi connectivity index (χ2v) is 4.99. The molecule has 1 rings (SSSR count). The molecule has 2 nitrogen and oxygen atoms in total. The van der Waals surface area contributed by atoms with Crippen molar-refractivity contribution in [3.63, 3.8) is 0 Å². The van der Waals surface area contributed by atoms with E-state index in [1.807, 2.05) is 30.0 Å². The molecule has 0 aromatic heterocycles. The van der Waals surface area contributed by atoms with Crippen LogP contribution in [0, 0.1) is 0 Å². The normalized spacial score (nSPS) is 10.9. The number of anilines is 1. The van der Waals surface area contributed by atoms with Crippen LogP contribution in [0.4, 0.5) is 5.69 Å². The molecule has 0 amide bonds. The summed E-state index contributed by atoms with van der Waals surface area (Å²) in [6, 6.07) is 8.62. The molecule has 0 saturated heterocycles. The molecule has 0 aliphatic rings. The van der Waals surface area contributed by atoms with Gasteiger partial charge < -0.3 is 11.1 Å². The standard InChI is InChI=1S/C12H20N2S/c1-10(2)14-8-5-9-15-12-7-4-3-6-11(12)13/h3-4,6-7,10,14H,5,8-9,13H2,1-2H3. The van der Waals surface area contributed by atoms with E-state index < -0.39 is 0 Å². The lowest BCUT2D eigenvalue weighted by molar-refractivity contribution is 0.586. The summed E-state index contributed by atoms with van der Waals surface area (Å²) in [6.07, 6.45) is 1.18. The Morgan fingerprint density at radius 1 is 1.33 bits per heavy atom. The van der Waals surface area contributed by atoms with Gasteiger partial charge in [-0.15, -0.1) is 11.8 Å². The monoisotopic (exact) mass is 224 g/mol. The first-order chi connectivity index (χ1) is 7.20. The van der Waals surface area contributed by atoms with Gasteiger partial charge in [0.25, 0.3) is 0 Å². The molecule has 3 N–H and O–H groups in total. The van der Waals surface area contributed by atoms with E-state index in [2.05, 4.69) is 25.2 Å². The van der Waals surface area contributed by atoms with Crippen molar-refractivity contribution in [3.8, 4) is 0 Å². The highest BCUT2D eigenvalue weighted by Crippen LogP contribution is 2.24. The van der Waals surface area contributed by atoms with Gasteiger partial charge >= 0.3 is 0 Å². The molecule has 1 aromatic rings. The quantitative estimate of drug-likeness (QED) is 0.443. The Balaban J connectivity index is 2.18. The largest absolute Gasteiger partial charge is 0.398 e. The number of nitrogens with one attached hydrogen (secondary N) is 1. The summed E-state index contributed by atoms with van der Waals surface area (Å²) in [5.41, 5.74) is 6.74. The fraction of sp³-hybridized carbons (Fsp3) is 0.500. The predicted molar refractivity (Wildman–Crippen MR) is 69.3 cm³/mol. The molecule has 3 heteroatoms. The van der Waals surface area contributed by atoms with Crippen molar-refractivity contribution in [2.24, 2.45) is 0 Å². The Bertz CT molecular complexity index is 287. The van der Waals surface area contributed by atoms with E-state index in [0.29, 0.717) is 6.04 Å². The van der Waals surface area contributed by atoms with Crippen LogP contribution in [-0.4, -0.2) is 18.3 Å². The van der Waals surface area contributed by atoms with E-state index in [0.717, 1.165) is 18.0 Å². The third kappa shape index (κ3) is 5.09. The van der Waals surface area contributed by atoms with Crippen LogP contribution in [0.5, 0.6) is 0 Å².